The molecule has 1 rings (SSSR count). The molecule has 0 atom stereocenters. The van der Waals surface area contributed by atoms with E-state index in [9.17, 15) is 0 Å². The second-order valence-electron chi connectivity index (χ2n) is 3.04. The molecular weight excluding hydrogens is 150 g/mol. The van der Waals surface area contributed by atoms with Crippen LogP contribution in [0.3, 0.4) is 0 Å². The average Bonchev–Trinajstić information content (AvgIpc) is 2.47. The molecule has 0 aliphatic carbocycles. The highest BCUT2D eigenvalue weighted by molar-refractivity contribution is 5.24. The number of hydrogen-bond acceptors (Lipinski definition) is 2. The van der Waals surface area contributed by atoms with Gasteiger partial charge in [-0.2, -0.15) is 10.4 Å². The molecule has 0 spiro atoms. The van der Waals surface area contributed by atoms with Gasteiger partial charge in [-0.25, -0.2) is 0 Å². The third-order valence-electron chi connectivity index (χ3n) is 1.82. The summed E-state index contributed by atoms with van der Waals surface area (Å²) < 4.78 is 1.88. The molecule has 0 amide bonds. The van der Waals surface area contributed by atoms with Crippen LogP contribution >= 0.6 is 0 Å². The maximum atomic E-state index is 8.63. The standard InChI is InChI=1S/C9H13N3/c1-4-12-9(7(2)3)5-8(6-10)11-12/h5,7H,4H2,1-3H3. The first-order valence-corrected chi connectivity index (χ1v) is 4.16. The maximum absolute atomic E-state index is 8.63. The number of hydrogen-bond donors (Lipinski definition) is 0. The summed E-state index contributed by atoms with van der Waals surface area (Å²) in [5.74, 6) is 0.430. The lowest BCUT2D eigenvalue weighted by atomic mass is 10.1. The Morgan fingerprint density at radius 2 is 2.33 bits per heavy atom. The Balaban J connectivity index is 3.10. The third-order valence-corrected chi connectivity index (χ3v) is 1.82. The first kappa shape index (κ1) is 8.79. The van der Waals surface area contributed by atoms with Crippen molar-refractivity contribution < 1.29 is 0 Å². The summed E-state index contributed by atoms with van der Waals surface area (Å²) in [5, 5.41) is 12.8. The van der Waals surface area contributed by atoms with Gasteiger partial charge >= 0.3 is 0 Å². The van der Waals surface area contributed by atoms with Gasteiger partial charge in [-0.05, 0) is 18.9 Å². The topological polar surface area (TPSA) is 41.6 Å². The Morgan fingerprint density at radius 3 is 2.67 bits per heavy atom. The van der Waals surface area contributed by atoms with Crippen LogP contribution in [0.1, 0.15) is 38.1 Å². The summed E-state index contributed by atoms with van der Waals surface area (Å²) >= 11 is 0. The largest absolute Gasteiger partial charge is 0.268 e. The van der Waals surface area contributed by atoms with Crippen LogP contribution < -0.4 is 0 Å². The van der Waals surface area contributed by atoms with E-state index in [-0.39, 0.29) is 0 Å². The van der Waals surface area contributed by atoms with Gasteiger partial charge < -0.3 is 0 Å². The lowest BCUT2D eigenvalue weighted by Crippen LogP contribution is -2.03. The first-order valence-electron chi connectivity index (χ1n) is 4.16. The summed E-state index contributed by atoms with van der Waals surface area (Å²) in [7, 11) is 0. The highest BCUT2D eigenvalue weighted by Gasteiger charge is 2.08. The van der Waals surface area contributed by atoms with Gasteiger partial charge in [0.15, 0.2) is 5.69 Å². The molecule has 1 heterocycles. The van der Waals surface area contributed by atoms with E-state index in [1.54, 1.807) is 0 Å². The molecule has 3 nitrogen and oxygen atoms in total. The van der Waals surface area contributed by atoms with E-state index in [4.69, 9.17) is 5.26 Å². The molecule has 0 saturated heterocycles. The number of rotatable bonds is 2. The second kappa shape index (κ2) is 3.40. The fourth-order valence-corrected chi connectivity index (χ4v) is 1.20. The molecule has 64 valence electrons. The molecule has 0 saturated carbocycles. The second-order valence-corrected chi connectivity index (χ2v) is 3.04. The number of aryl methyl sites for hydroxylation is 1. The fourth-order valence-electron chi connectivity index (χ4n) is 1.20. The molecule has 12 heavy (non-hydrogen) atoms. The smallest absolute Gasteiger partial charge is 0.162 e. The molecule has 0 fully saturated rings. The number of aromatic nitrogens is 2. The molecule has 0 aliphatic rings. The van der Waals surface area contributed by atoms with E-state index in [0.29, 0.717) is 11.6 Å². The van der Waals surface area contributed by atoms with Crippen LogP contribution in [0.2, 0.25) is 0 Å². The summed E-state index contributed by atoms with van der Waals surface area (Å²) in [6.07, 6.45) is 0. The molecular formula is C9H13N3. The van der Waals surface area contributed by atoms with Gasteiger partial charge in [0.25, 0.3) is 0 Å². The van der Waals surface area contributed by atoms with Gasteiger partial charge in [-0.15, -0.1) is 0 Å². The monoisotopic (exact) mass is 163 g/mol. The van der Waals surface area contributed by atoms with Crippen molar-refractivity contribution in [1.82, 2.24) is 9.78 Å². The van der Waals surface area contributed by atoms with Crippen LogP contribution in [-0.4, -0.2) is 9.78 Å². The summed E-state index contributed by atoms with van der Waals surface area (Å²) in [5.41, 5.74) is 1.65. The van der Waals surface area contributed by atoms with Gasteiger partial charge in [0.05, 0.1) is 0 Å². The molecule has 0 bridgehead atoms. The van der Waals surface area contributed by atoms with Crippen LogP contribution in [0.4, 0.5) is 0 Å². The maximum Gasteiger partial charge on any atom is 0.162 e. The van der Waals surface area contributed by atoms with Crippen molar-refractivity contribution in [2.75, 3.05) is 0 Å². The minimum atomic E-state index is 0.430. The lowest BCUT2D eigenvalue weighted by Gasteiger charge is -2.06. The summed E-state index contributed by atoms with van der Waals surface area (Å²) in [4.78, 5) is 0. The zero-order chi connectivity index (χ0) is 9.14. The van der Waals surface area contributed by atoms with Gasteiger partial charge in [-0.1, -0.05) is 13.8 Å². The van der Waals surface area contributed by atoms with Gasteiger partial charge in [0.1, 0.15) is 6.07 Å². The Hall–Kier alpha value is -1.30. The Bertz CT molecular complexity index is 304. The van der Waals surface area contributed by atoms with Crippen LogP contribution in [-0.2, 0) is 6.54 Å². The molecule has 0 unspecified atom stereocenters. The molecule has 0 aromatic carbocycles. The molecule has 1 aromatic heterocycles. The van der Waals surface area contributed by atoms with Crippen molar-refractivity contribution in [3.05, 3.63) is 17.5 Å². The first-order chi connectivity index (χ1) is 5.69. The molecule has 3 heteroatoms. The third kappa shape index (κ3) is 1.48. The minimum absolute atomic E-state index is 0.430. The zero-order valence-corrected chi connectivity index (χ0v) is 7.70. The molecule has 0 aliphatic heterocycles. The summed E-state index contributed by atoms with van der Waals surface area (Å²) in [6.45, 7) is 7.06. The number of nitrogens with zero attached hydrogens (tertiary/aromatic N) is 3. The van der Waals surface area contributed by atoms with Crippen LogP contribution in [0, 0.1) is 11.3 Å². The molecule has 0 N–H and O–H groups in total. The average molecular weight is 163 g/mol. The van der Waals surface area contributed by atoms with Crippen LogP contribution in [0.15, 0.2) is 6.07 Å². The van der Waals surface area contributed by atoms with E-state index in [1.165, 1.54) is 0 Å². The highest BCUT2D eigenvalue weighted by Crippen LogP contribution is 2.15. The minimum Gasteiger partial charge on any atom is -0.268 e. The fraction of sp³-hybridized carbons (Fsp3) is 0.556. The van der Waals surface area contributed by atoms with Gasteiger partial charge in [0.2, 0.25) is 0 Å². The quantitative estimate of drug-likeness (QED) is 0.668. The van der Waals surface area contributed by atoms with Crippen molar-refractivity contribution in [3.8, 4) is 6.07 Å². The van der Waals surface area contributed by atoms with Crippen molar-refractivity contribution in [2.45, 2.75) is 33.2 Å². The zero-order valence-electron chi connectivity index (χ0n) is 7.70. The Labute approximate surface area is 72.6 Å². The van der Waals surface area contributed by atoms with E-state index in [2.05, 4.69) is 18.9 Å². The van der Waals surface area contributed by atoms with Gasteiger partial charge in [-0.3, -0.25) is 4.68 Å². The van der Waals surface area contributed by atoms with Crippen LogP contribution in [0.25, 0.3) is 0 Å². The SMILES string of the molecule is CCn1nc(C#N)cc1C(C)C. The molecule has 1 aromatic rings. The van der Waals surface area contributed by atoms with Crippen molar-refractivity contribution in [2.24, 2.45) is 0 Å². The lowest BCUT2D eigenvalue weighted by molar-refractivity contribution is 0.597. The number of nitriles is 1. The van der Waals surface area contributed by atoms with Crippen LogP contribution in [0.5, 0.6) is 0 Å². The Kier molecular flexibility index (Phi) is 2.49. The van der Waals surface area contributed by atoms with Crippen molar-refractivity contribution in [3.63, 3.8) is 0 Å². The predicted octanol–water partition coefficient (Wildman–Crippen LogP) is 1.90. The van der Waals surface area contributed by atoms with Gasteiger partial charge in [0, 0.05) is 12.2 Å². The normalized spacial score (nSPS) is 10.2. The Morgan fingerprint density at radius 1 is 1.67 bits per heavy atom. The van der Waals surface area contributed by atoms with E-state index in [0.717, 1.165) is 12.2 Å². The highest BCUT2D eigenvalue weighted by atomic mass is 15.3. The summed E-state index contributed by atoms with van der Waals surface area (Å²) in [6, 6.07) is 3.90. The van der Waals surface area contributed by atoms with E-state index >= 15 is 0 Å². The molecule has 0 radical (unpaired) electrons. The van der Waals surface area contributed by atoms with E-state index < -0.39 is 0 Å². The van der Waals surface area contributed by atoms with Crippen molar-refractivity contribution in [1.29, 1.82) is 5.26 Å². The van der Waals surface area contributed by atoms with Crippen molar-refractivity contribution >= 4 is 0 Å². The van der Waals surface area contributed by atoms with E-state index in [1.807, 2.05) is 23.7 Å². The predicted molar refractivity (Wildman–Crippen MR) is 46.7 cm³/mol.